The number of rotatable bonds is 6. The number of hydrogen-bond donors (Lipinski definition) is 1. The average molecular weight is 295 g/mol. The monoisotopic (exact) mass is 295 g/mol. The molecule has 3 atom stereocenters. The molecule has 1 N–H and O–H groups in total. The molecule has 4 heteroatoms. The lowest BCUT2D eigenvalue weighted by Gasteiger charge is -2.29. The van der Waals surface area contributed by atoms with Crippen molar-refractivity contribution in [2.24, 2.45) is 11.8 Å². The molecule has 0 radical (unpaired) electrons. The first-order valence-corrected chi connectivity index (χ1v) is 9.34. The molecule has 0 spiro atoms. The SMILES string of the molecule is CCCNC(c1ccccc1)C(C)C1CCS(=O)(=O)C1. The molecule has 0 bridgehead atoms. The van der Waals surface area contributed by atoms with Gasteiger partial charge in [0, 0.05) is 6.04 Å². The fourth-order valence-corrected chi connectivity index (χ4v) is 5.03. The van der Waals surface area contributed by atoms with Crippen molar-refractivity contribution >= 4 is 9.84 Å². The topological polar surface area (TPSA) is 46.2 Å². The molecule has 1 aliphatic heterocycles. The van der Waals surface area contributed by atoms with Crippen molar-refractivity contribution in [1.82, 2.24) is 5.32 Å². The van der Waals surface area contributed by atoms with E-state index in [1.54, 1.807) is 0 Å². The maximum absolute atomic E-state index is 11.7. The van der Waals surface area contributed by atoms with Crippen molar-refractivity contribution in [3.8, 4) is 0 Å². The first-order valence-electron chi connectivity index (χ1n) is 7.52. The molecule has 1 aromatic rings. The predicted molar refractivity (Wildman–Crippen MR) is 83.4 cm³/mol. The molecule has 0 aliphatic carbocycles. The molecule has 0 saturated carbocycles. The van der Waals surface area contributed by atoms with E-state index >= 15 is 0 Å². The van der Waals surface area contributed by atoms with Crippen molar-refractivity contribution in [1.29, 1.82) is 0 Å². The van der Waals surface area contributed by atoms with Gasteiger partial charge in [0.05, 0.1) is 11.5 Å². The van der Waals surface area contributed by atoms with Crippen LogP contribution in [0.3, 0.4) is 0 Å². The van der Waals surface area contributed by atoms with Crippen LogP contribution in [0.1, 0.15) is 38.3 Å². The minimum absolute atomic E-state index is 0.245. The van der Waals surface area contributed by atoms with Gasteiger partial charge in [0.15, 0.2) is 9.84 Å². The highest BCUT2D eigenvalue weighted by Crippen LogP contribution is 2.34. The molecule has 1 heterocycles. The van der Waals surface area contributed by atoms with Crippen LogP contribution in [0.25, 0.3) is 0 Å². The van der Waals surface area contributed by atoms with Crippen molar-refractivity contribution in [3.63, 3.8) is 0 Å². The fraction of sp³-hybridized carbons (Fsp3) is 0.625. The molecule has 1 fully saturated rings. The Bertz CT molecular complexity index is 513. The predicted octanol–water partition coefficient (Wildman–Crippen LogP) is 2.80. The van der Waals surface area contributed by atoms with Crippen molar-refractivity contribution in [2.45, 2.75) is 32.7 Å². The molecule has 3 unspecified atom stereocenters. The Labute approximate surface area is 122 Å². The van der Waals surface area contributed by atoms with Crippen LogP contribution in [0.4, 0.5) is 0 Å². The summed E-state index contributed by atoms with van der Waals surface area (Å²) in [5.74, 6) is 1.32. The summed E-state index contributed by atoms with van der Waals surface area (Å²) in [7, 11) is -2.80. The first-order chi connectivity index (χ1) is 9.53. The van der Waals surface area contributed by atoms with Crippen molar-refractivity contribution in [3.05, 3.63) is 35.9 Å². The van der Waals surface area contributed by atoms with Crippen LogP contribution in [0, 0.1) is 11.8 Å². The third kappa shape index (κ3) is 3.83. The van der Waals surface area contributed by atoms with Crippen molar-refractivity contribution in [2.75, 3.05) is 18.1 Å². The van der Waals surface area contributed by atoms with E-state index in [2.05, 4.69) is 31.3 Å². The molecular weight excluding hydrogens is 270 g/mol. The Balaban J connectivity index is 2.14. The van der Waals surface area contributed by atoms with E-state index in [0.717, 1.165) is 19.4 Å². The minimum Gasteiger partial charge on any atom is -0.310 e. The van der Waals surface area contributed by atoms with Gasteiger partial charge < -0.3 is 5.32 Å². The standard InChI is InChI=1S/C16H25NO2S/c1-3-10-17-16(14-7-5-4-6-8-14)13(2)15-9-11-20(18,19)12-15/h4-8,13,15-17H,3,9-12H2,1-2H3. The van der Waals surface area contributed by atoms with Gasteiger partial charge in [-0.3, -0.25) is 0 Å². The van der Waals surface area contributed by atoms with Gasteiger partial charge in [-0.05, 0) is 36.8 Å². The summed E-state index contributed by atoms with van der Waals surface area (Å²) in [5, 5.41) is 3.59. The molecule has 3 nitrogen and oxygen atoms in total. The Morgan fingerprint density at radius 2 is 2.00 bits per heavy atom. The number of hydrogen-bond acceptors (Lipinski definition) is 3. The normalized spacial score (nSPS) is 24.4. The molecule has 0 amide bonds. The van der Waals surface area contributed by atoms with Gasteiger partial charge >= 0.3 is 0 Å². The van der Waals surface area contributed by atoms with Gasteiger partial charge in [-0.25, -0.2) is 8.42 Å². The molecular formula is C16H25NO2S. The molecule has 1 aliphatic rings. The van der Waals surface area contributed by atoms with Crippen LogP contribution >= 0.6 is 0 Å². The summed E-state index contributed by atoms with van der Waals surface area (Å²) >= 11 is 0. The highest BCUT2D eigenvalue weighted by atomic mass is 32.2. The summed E-state index contributed by atoms with van der Waals surface area (Å²) in [6.45, 7) is 5.30. The molecule has 20 heavy (non-hydrogen) atoms. The molecule has 0 aromatic heterocycles. The van der Waals surface area contributed by atoms with E-state index in [1.807, 2.05) is 18.2 Å². The van der Waals surface area contributed by atoms with Gasteiger partial charge in [-0.2, -0.15) is 0 Å². The van der Waals surface area contributed by atoms with E-state index in [9.17, 15) is 8.42 Å². The lowest BCUT2D eigenvalue weighted by atomic mass is 9.83. The molecule has 112 valence electrons. The minimum atomic E-state index is -2.80. The van der Waals surface area contributed by atoms with Gasteiger partial charge in [0.1, 0.15) is 0 Å². The van der Waals surface area contributed by atoms with Crippen LogP contribution in [-0.2, 0) is 9.84 Å². The largest absolute Gasteiger partial charge is 0.310 e. The zero-order valence-corrected chi connectivity index (χ0v) is 13.2. The molecule has 1 saturated heterocycles. The van der Waals surface area contributed by atoms with Gasteiger partial charge in [-0.15, -0.1) is 0 Å². The van der Waals surface area contributed by atoms with Gasteiger partial charge in [0.2, 0.25) is 0 Å². The van der Waals surface area contributed by atoms with E-state index in [0.29, 0.717) is 17.4 Å². The molecule has 2 rings (SSSR count). The lowest BCUT2D eigenvalue weighted by molar-refractivity contribution is 0.291. The summed E-state index contributed by atoms with van der Waals surface area (Å²) in [5.41, 5.74) is 1.26. The Morgan fingerprint density at radius 1 is 1.30 bits per heavy atom. The second-order valence-corrected chi connectivity index (χ2v) is 8.09. The Kier molecular flexibility index (Phi) is 5.22. The molecule has 1 aromatic carbocycles. The van der Waals surface area contributed by atoms with Crippen LogP contribution < -0.4 is 5.32 Å². The Morgan fingerprint density at radius 3 is 2.55 bits per heavy atom. The average Bonchev–Trinajstić information content (AvgIpc) is 2.80. The maximum atomic E-state index is 11.7. The summed E-state index contributed by atoms with van der Waals surface area (Å²) < 4.78 is 23.4. The third-order valence-electron chi connectivity index (χ3n) is 4.31. The number of sulfone groups is 1. The van der Waals surface area contributed by atoms with Crippen LogP contribution in [-0.4, -0.2) is 26.5 Å². The first kappa shape index (κ1) is 15.5. The van der Waals surface area contributed by atoms with Gasteiger partial charge in [-0.1, -0.05) is 44.2 Å². The second-order valence-electron chi connectivity index (χ2n) is 5.86. The van der Waals surface area contributed by atoms with E-state index in [4.69, 9.17) is 0 Å². The lowest BCUT2D eigenvalue weighted by Crippen LogP contribution is -2.32. The number of benzene rings is 1. The quantitative estimate of drug-likeness (QED) is 0.878. The maximum Gasteiger partial charge on any atom is 0.150 e. The highest BCUT2D eigenvalue weighted by molar-refractivity contribution is 7.91. The number of nitrogens with one attached hydrogen (secondary N) is 1. The Hall–Kier alpha value is -0.870. The van der Waals surface area contributed by atoms with E-state index in [1.165, 1.54) is 5.56 Å². The van der Waals surface area contributed by atoms with E-state index < -0.39 is 9.84 Å². The zero-order valence-electron chi connectivity index (χ0n) is 12.4. The summed E-state index contributed by atoms with van der Waals surface area (Å²) in [4.78, 5) is 0. The smallest absolute Gasteiger partial charge is 0.150 e. The summed E-state index contributed by atoms with van der Waals surface area (Å²) in [6, 6.07) is 10.6. The second kappa shape index (κ2) is 6.72. The zero-order chi connectivity index (χ0) is 14.6. The highest BCUT2D eigenvalue weighted by Gasteiger charge is 2.35. The summed E-state index contributed by atoms with van der Waals surface area (Å²) in [6.07, 6.45) is 1.89. The third-order valence-corrected chi connectivity index (χ3v) is 6.10. The van der Waals surface area contributed by atoms with Crippen LogP contribution in [0.15, 0.2) is 30.3 Å². The fourth-order valence-electron chi connectivity index (χ4n) is 3.08. The van der Waals surface area contributed by atoms with Crippen LogP contribution in [0.2, 0.25) is 0 Å². The van der Waals surface area contributed by atoms with E-state index in [-0.39, 0.29) is 12.0 Å². The van der Waals surface area contributed by atoms with Crippen LogP contribution in [0.5, 0.6) is 0 Å². The van der Waals surface area contributed by atoms with Gasteiger partial charge in [0.25, 0.3) is 0 Å². The van der Waals surface area contributed by atoms with Crippen molar-refractivity contribution < 1.29 is 8.42 Å².